The Bertz CT molecular complexity index is 722. The van der Waals surface area contributed by atoms with Gasteiger partial charge in [-0.1, -0.05) is 17.7 Å². The molecule has 2 nitrogen and oxygen atoms in total. The molecule has 0 saturated carbocycles. The van der Waals surface area contributed by atoms with Gasteiger partial charge in [0.25, 0.3) is 0 Å². The van der Waals surface area contributed by atoms with Crippen LogP contribution in [-0.2, 0) is 0 Å². The first kappa shape index (κ1) is 15.2. The third kappa shape index (κ3) is 3.37. The molecule has 0 aliphatic heterocycles. The Morgan fingerprint density at radius 2 is 1.81 bits per heavy atom. The summed E-state index contributed by atoms with van der Waals surface area (Å²) in [5.74, 6) is 0.844. The smallest absolute Gasteiger partial charge is 0.131 e. The van der Waals surface area contributed by atoms with Crippen molar-refractivity contribution in [2.75, 3.05) is 5.32 Å². The van der Waals surface area contributed by atoms with Crippen molar-refractivity contribution in [3.8, 4) is 0 Å². The lowest BCUT2D eigenvalue weighted by molar-refractivity contribution is 0.500. The van der Waals surface area contributed by atoms with Crippen LogP contribution in [0.4, 0.5) is 5.69 Å². The number of furan rings is 1. The first-order valence-corrected chi connectivity index (χ1v) is 8.92. The van der Waals surface area contributed by atoms with Crippen LogP contribution in [0.5, 0.6) is 0 Å². The second kappa shape index (κ2) is 6.57. The number of rotatable bonds is 4. The molecule has 0 spiro atoms. The SMILES string of the molecule is Clc1ccc(C(Nc2c(Br)cccc2Br)c2ccco2)s1. The van der Waals surface area contributed by atoms with Crippen LogP contribution in [0.15, 0.2) is 62.1 Å². The van der Waals surface area contributed by atoms with Gasteiger partial charge < -0.3 is 9.73 Å². The highest BCUT2D eigenvalue weighted by Gasteiger charge is 2.20. The van der Waals surface area contributed by atoms with Gasteiger partial charge in [-0.3, -0.25) is 0 Å². The molecule has 21 heavy (non-hydrogen) atoms. The summed E-state index contributed by atoms with van der Waals surface area (Å²) in [4.78, 5) is 1.10. The maximum atomic E-state index is 6.07. The highest BCUT2D eigenvalue weighted by Crippen LogP contribution is 2.38. The van der Waals surface area contributed by atoms with E-state index >= 15 is 0 Å². The van der Waals surface area contributed by atoms with Crippen molar-refractivity contribution in [3.63, 3.8) is 0 Å². The van der Waals surface area contributed by atoms with Crippen molar-refractivity contribution in [3.05, 3.63) is 72.6 Å². The van der Waals surface area contributed by atoms with E-state index in [0.717, 1.165) is 29.6 Å². The molecule has 2 aromatic heterocycles. The molecule has 0 fully saturated rings. The highest BCUT2D eigenvalue weighted by molar-refractivity contribution is 9.11. The number of thiophene rings is 1. The van der Waals surface area contributed by atoms with Crippen LogP contribution in [0.1, 0.15) is 16.7 Å². The molecular formula is C15H10Br2ClNOS. The van der Waals surface area contributed by atoms with Crippen LogP contribution in [0, 0.1) is 0 Å². The monoisotopic (exact) mass is 445 g/mol. The number of benzene rings is 1. The normalized spacial score (nSPS) is 12.3. The highest BCUT2D eigenvalue weighted by atomic mass is 79.9. The minimum absolute atomic E-state index is 0.0903. The van der Waals surface area contributed by atoms with Gasteiger partial charge in [0.2, 0.25) is 0 Å². The van der Waals surface area contributed by atoms with E-state index in [-0.39, 0.29) is 6.04 Å². The van der Waals surface area contributed by atoms with Gasteiger partial charge >= 0.3 is 0 Å². The molecule has 0 aliphatic rings. The molecule has 0 amide bonds. The third-order valence-corrected chi connectivity index (χ3v) is 5.58. The summed E-state index contributed by atoms with van der Waals surface area (Å²) in [5.41, 5.74) is 0.975. The first-order chi connectivity index (χ1) is 10.1. The summed E-state index contributed by atoms with van der Waals surface area (Å²) in [6.45, 7) is 0. The molecule has 0 bridgehead atoms. The lowest BCUT2D eigenvalue weighted by atomic mass is 10.1. The number of hydrogen-bond acceptors (Lipinski definition) is 3. The maximum Gasteiger partial charge on any atom is 0.131 e. The van der Waals surface area contributed by atoms with Crippen LogP contribution in [0.2, 0.25) is 4.34 Å². The van der Waals surface area contributed by atoms with Crippen LogP contribution in [0.25, 0.3) is 0 Å². The molecule has 0 saturated heterocycles. The molecule has 1 N–H and O–H groups in total. The van der Waals surface area contributed by atoms with Gasteiger partial charge in [0.05, 0.1) is 16.3 Å². The first-order valence-electron chi connectivity index (χ1n) is 6.14. The molecule has 108 valence electrons. The van der Waals surface area contributed by atoms with Gasteiger partial charge in [0.15, 0.2) is 0 Å². The Kier molecular flexibility index (Phi) is 4.74. The molecule has 3 rings (SSSR count). The predicted octanol–water partition coefficient (Wildman–Crippen LogP) is 6.72. The largest absolute Gasteiger partial charge is 0.467 e. The average Bonchev–Trinajstić information content (AvgIpc) is 3.10. The Morgan fingerprint density at radius 1 is 1.05 bits per heavy atom. The summed E-state index contributed by atoms with van der Waals surface area (Å²) >= 11 is 14.8. The van der Waals surface area contributed by atoms with Gasteiger partial charge in [0.1, 0.15) is 11.8 Å². The lowest BCUT2D eigenvalue weighted by Gasteiger charge is -2.19. The molecule has 6 heteroatoms. The zero-order valence-corrected chi connectivity index (χ0v) is 15.4. The maximum absolute atomic E-state index is 6.07. The fourth-order valence-corrected chi connectivity index (χ4v) is 4.35. The van der Waals surface area contributed by atoms with E-state index in [1.165, 1.54) is 11.3 Å². The lowest BCUT2D eigenvalue weighted by Crippen LogP contribution is -2.11. The average molecular weight is 448 g/mol. The topological polar surface area (TPSA) is 25.2 Å². The molecule has 0 radical (unpaired) electrons. The molecule has 1 aromatic carbocycles. The summed E-state index contributed by atoms with van der Waals surface area (Å²) in [6.07, 6.45) is 1.67. The fourth-order valence-electron chi connectivity index (χ4n) is 2.00. The number of halogens is 3. The van der Waals surface area contributed by atoms with Crippen LogP contribution >= 0.6 is 54.8 Å². The van der Waals surface area contributed by atoms with Crippen molar-refractivity contribution < 1.29 is 4.42 Å². The van der Waals surface area contributed by atoms with E-state index < -0.39 is 0 Å². The van der Waals surface area contributed by atoms with E-state index in [4.69, 9.17) is 16.0 Å². The quantitative estimate of drug-likeness (QED) is 0.480. The van der Waals surface area contributed by atoms with E-state index in [1.54, 1.807) is 6.26 Å². The molecule has 2 heterocycles. The van der Waals surface area contributed by atoms with Gasteiger partial charge in [-0.25, -0.2) is 0 Å². The molecular weight excluding hydrogens is 437 g/mol. The van der Waals surface area contributed by atoms with Crippen molar-refractivity contribution in [1.29, 1.82) is 0 Å². The Balaban J connectivity index is 2.01. The van der Waals surface area contributed by atoms with Crippen molar-refractivity contribution >= 4 is 60.5 Å². The summed E-state index contributed by atoms with van der Waals surface area (Å²) < 4.78 is 8.31. The number of nitrogens with one attached hydrogen (secondary N) is 1. The summed E-state index contributed by atoms with van der Waals surface area (Å²) in [5, 5.41) is 3.51. The Hall–Kier alpha value is -0.750. The third-order valence-electron chi connectivity index (χ3n) is 2.96. The van der Waals surface area contributed by atoms with Crippen molar-refractivity contribution in [2.24, 2.45) is 0 Å². The number of hydrogen-bond donors (Lipinski definition) is 1. The van der Waals surface area contributed by atoms with Crippen molar-refractivity contribution in [2.45, 2.75) is 6.04 Å². The van der Waals surface area contributed by atoms with E-state index in [9.17, 15) is 0 Å². The molecule has 1 atom stereocenters. The zero-order chi connectivity index (χ0) is 14.8. The Labute approximate surface area is 148 Å². The molecule has 0 aliphatic carbocycles. The Morgan fingerprint density at radius 3 is 2.38 bits per heavy atom. The second-order valence-corrected chi connectivity index (χ2v) is 7.79. The fraction of sp³-hybridized carbons (Fsp3) is 0.0667. The minimum Gasteiger partial charge on any atom is -0.467 e. The van der Waals surface area contributed by atoms with Gasteiger partial charge in [-0.15, -0.1) is 11.3 Å². The van der Waals surface area contributed by atoms with Gasteiger partial charge in [0, 0.05) is 13.8 Å². The number of anilines is 1. The minimum atomic E-state index is -0.0903. The number of para-hydroxylation sites is 1. The van der Waals surface area contributed by atoms with Crippen LogP contribution < -0.4 is 5.32 Å². The summed E-state index contributed by atoms with van der Waals surface area (Å²) in [7, 11) is 0. The second-order valence-electron chi connectivity index (χ2n) is 4.33. The van der Waals surface area contributed by atoms with E-state index in [1.807, 2.05) is 42.5 Å². The van der Waals surface area contributed by atoms with Crippen LogP contribution in [0.3, 0.4) is 0 Å². The molecule has 3 aromatic rings. The standard InChI is InChI=1S/C15H10Br2ClNOS/c16-9-3-1-4-10(17)14(9)19-15(11-5-2-8-20-11)12-6-7-13(18)21-12/h1-8,15,19H. The zero-order valence-electron chi connectivity index (χ0n) is 10.6. The summed E-state index contributed by atoms with van der Waals surface area (Å²) in [6, 6.07) is 13.6. The van der Waals surface area contributed by atoms with E-state index in [2.05, 4.69) is 37.2 Å². The van der Waals surface area contributed by atoms with Crippen molar-refractivity contribution in [1.82, 2.24) is 0 Å². The van der Waals surface area contributed by atoms with Gasteiger partial charge in [-0.2, -0.15) is 0 Å². The van der Waals surface area contributed by atoms with E-state index in [0.29, 0.717) is 0 Å². The van der Waals surface area contributed by atoms with Gasteiger partial charge in [-0.05, 0) is 68.3 Å². The molecule has 1 unspecified atom stereocenters. The van der Waals surface area contributed by atoms with Crippen LogP contribution in [-0.4, -0.2) is 0 Å². The predicted molar refractivity (Wildman–Crippen MR) is 95.3 cm³/mol.